The van der Waals surface area contributed by atoms with Crippen LogP contribution < -0.4 is 10.1 Å². The van der Waals surface area contributed by atoms with Crippen molar-refractivity contribution in [3.8, 4) is 5.75 Å². The van der Waals surface area contributed by atoms with E-state index in [0.717, 1.165) is 0 Å². The summed E-state index contributed by atoms with van der Waals surface area (Å²) in [6.07, 6.45) is 3.15. The van der Waals surface area contributed by atoms with Crippen molar-refractivity contribution in [2.24, 2.45) is 0 Å². The SMILES string of the molecule is COCCNc1cc(F)c(OC)cc1CS(=O)c1ncc[nH]1. The molecule has 0 bridgehead atoms. The zero-order chi connectivity index (χ0) is 15.9. The third-order valence-electron chi connectivity index (χ3n) is 2.97. The quantitative estimate of drug-likeness (QED) is 0.725. The van der Waals surface area contributed by atoms with Crippen molar-refractivity contribution in [3.05, 3.63) is 35.9 Å². The van der Waals surface area contributed by atoms with E-state index in [1.54, 1.807) is 19.4 Å². The molecule has 0 aliphatic heterocycles. The topological polar surface area (TPSA) is 76.2 Å². The zero-order valence-electron chi connectivity index (χ0n) is 12.4. The number of aromatic amines is 1. The second-order valence-electron chi connectivity index (χ2n) is 4.45. The molecule has 1 heterocycles. The van der Waals surface area contributed by atoms with Crippen LogP contribution in [0, 0.1) is 5.82 Å². The summed E-state index contributed by atoms with van der Waals surface area (Å²) in [5.74, 6) is -0.168. The molecule has 1 unspecified atom stereocenters. The van der Waals surface area contributed by atoms with Crippen molar-refractivity contribution in [2.45, 2.75) is 10.9 Å². The summed E-state index contributed by atoms with van der Waals surface area (Å²) in [5.41, 5.74) is 1.25. The number of ether oxygens (including phenoxy) is 2. The number of nitrogens with one attached hydrogen (secondary N) is 2. The van der Waals surface area contributed by atoms with Crippen LogP contribution in [0.1, 0.15) is 5.56 Å². The molecule has 1 aromatic heterocycles. The molecular weight excluding hydrogens is 309 g/mol. The Kier molecular flexibility index (Phi) is 5.91. The average Bonchev–Trinajstić information content (AvgIpc) is 3.04. The molecule has 2 aromatic rings. The molecule has 0 saturated heterocycles. The molecule has 1 aromatic carbocycles. The molecule has 8 heteroatoms. The van der Waals surface area contributed by atoms with Crippen LogP contribution in [0.3, 0.4) is 0 Å². The molecule has 22 heavy (non-hydrogen) atoms. The maximum absolute atomic E-state index is 13.9. The lowest BCUT2D eigenvalue weighted by atomic mass is 10.2. The smallest absolute Gasteiger partial charge is 0.196 e. The third kappa shape index (κ3) is 4.05. The summed E-state index contributed by atoms with van der Waals surface area (Å²) in [5, 5.41) is 3.45. The van der Waals surface area contributed by atoms with Gasteiger partial charge < -0.3 is 19.8 Å². The molecule has 120 valence electrons. The van der Waals surface area contributed by atoms with Gasteiger partial charge in [-0.25, -0.2) is 9.37 Å². The predicted octanol–water partition coefficient (Wildman–Crippen LogP) is 1.92. The first-order valence-corrected chi connectivity index (χ1v) is 7.94. The molecular formula is C14H18FN3O3S. The van der Waals surface area contributed by atoms with Gasteiger partial charge in [-0.2, -0.15) is 0 Å². The highest BCUT2D eigenvalue weighted by atomic mass is 32.2. The lowest BCUT2D eigenvalue weighted by Crippen LogP contribution is -2.11. The second kappa shape index (κ2) is 7.90. The van der Waals surface area contributed by atoms with E-state index in [-0.39, 0.29) is 11.5 Å². The van der Waals surface area contributed by atoms with Crippen LogP contribution in [0.5, 0.6) is 5.75 Å². The Morgan fingerprint density at radius 2 is 2.23 bits per heavy atom. The zero-order valence-corrected chi connectivity index (χ0v) is 13.2. The highest BCUT2D eigenvalue weighted by Crippen LogP contribution is 2.27. The molecule has 1 atom stereocenters. The lowest BCUT2D eigenvalue weighted by molar-refractivity contribution is 0.210. The lowest BCUT2D eigenvalue weighted by Gasteiger charge is -2.14. The fourth-order valence-corrected chi connectivity index (χ4v) is 2.94. The predicted molar refractivity (Wildman–Crippen MR) is 82.0 cm³/mol. The molecule has 6 nitrogen and oxygen atoms in total. The monoisotopic (exact) mass is 327 g/mol. The Morgan fingerprint density at radius 3 is 2.86 bits per heavy atom. The van der Waals surface area contributed by atoms with Crippen LogP contribution in [-0.4, -0.2) is 41.5 Å². The Balaban J connectivity index is 2.24. The minimum atomic E-state index is -1.35. The molecule has 0 fully saturated rings. The summed E-state index contributed by atoms with van der Waals surface area (Å²) in [6, 6.07) is 2.88. The summed E-state index contributed by atoms with van der Waals surface area (Å²) in [4.78, 5) is 6.79. The number of benzene rings is 1. The largest absolute Gasteiger partial charge is 0.494 e. The van der Waals surface area contributed by atoms with Gasteiger partial charge in [0, 0.05) is 37.8 Å². The molecule has 2 rings (SSSR count). The van der Waals surface area contributed by atoms with Gasteiger partial charge in [0.15, 0.2) is 16.7 Å². The van der Waals surface area contributed by atoms with Crippen LogP contribution in [0.25, 0.3) is 0 Å². The number of hydrogen-bond acceptors (Lipinski definition) is 5. The third-order valence-corrected chi connectivity index (χ3v) is 4.20. The van der Waals surface area contributed by atoms with Gasteiger partial charge in [-0.3, -0.25) is 4.21 Å². The van der Waals surface area contributed by atoms with Crippen molar-refractivity contribution < 1.29 is 18.1 Å². The summed E-state index contributed by atoms with van der Waals surface area (Å²) in [7, 11) is 1.63. The van der Waals surface area contributed by atoms with E-state index in [4.69, 9.17) is 9.47 Å². The van der Waals surface area contributed by atoms with Crippen molar-refractivity contribution in [1.82, 2.24) is 9.97 Å². The molecule has 0 radical (unpaired) electrons. The highest BCUT2D eigenvalue weighted by Gasteiger charge is 2.15. The van der Waals surface area contributed by atoms with Crippen molar-refractivity contribution in [3.63, 3.8) is 0 Å². The van der Waals surface area contributed by atoms with Gasteiger partial charge in [0.05, 0.1) is 30.3 Å². The van der Waals surface area contributed by atoms with Gasteiger partial charge in [0.25, 0.3) is 0 Å². The first kappa shape index (κ1) is 16.4. The fourth-order valence-electron chi connectivity index (χ4n) is 1.91. The first-order valence-electron chi connectivity index (χ1n) is 6.62. The van der Waals surface area contributed by atoms with E-state index in [1.807, 2.05) is 0 Å². The fraction of sp³-hybridized carbons (Fsp3) is 0.357. The Labute approximate surface area is 130 Å². The molecule has 0 spiro atoms. The van der Waals surface area contributed by atoms with E-state index >= 15 is 0 Å². The van der Waals surface area contributed by atoms with Gasteiger partial charge in [-0.15, -0.1) is 0 Å². The maximum Gasteiger partial charge on any atom is 0.196 e. The van der Waals surface area contributed by atoms with E-state index in [1.165, 1.54) is 19.4 Å². The van der Waals surface area contributed by atoms with Crippen LogP contribution in [0.15, 0.2) is 29.7 Å². The van der Waals surface area contributed by atoms with E-state index in [9.17, 15) is 8.60 Å². The van der Waals surface area contributed by atoms with Crippen molar-refractivity contribution in [1.29, 1.82) is 0 Å². The van der Waals surface area contributed by atoms with Crippen LogP contribution in [0.4, 0.5) is 10.1 Å². The number of aromatic nitrogens is 2. The molecule has 0 amide bonds. The standard InChI is InChI=1S/C14H18FN3O3S/c1-20-6-5-16-12-8-11(15)13(21-2)7-10(12)9-22(19)14-17-3-4-18-14/h3-4,7-8,16H,5-6,9H2,1-2H3,(H,17,18). The molecule has 0 aliphatic rings. The number of nitrogens with zero attached hydrogens (tertiary/aromatic N) is 1. The Bertz CT molecular complexity index is 635. The van der Waals surface area contributed by atoms with E-state index < -0.39 is 16.6 Å². The van der Waals surface area contributed by atoms with Crippen LogP contribution in [0.2, 0.25) is 0 Å². The Morgan fingerprint density at radius 1 is 1.41 bits per heavy atom. The minimum Gasteiger partial charge on any atom is -0.494 e. The van der Waals surface area contributed by atoms with Gasteiger partial charge in [0.2, 0.25) is 0 Å². The van der Waals surface area contributed by atoms with Crippen molar-refractivity contribution in [2.75, 3.05) is 32.7 Å². The molecule has 0 saturated carbocycles. The van der Waals surface area contributed by atoms with Crippen molar-refractivity contribution >= 4 is 16.5 Å². The minimum absolute atomic E-state index is 0.115. The first-order chi connectivity index (χ1) is 10.7. The summed E-state index contributed by atoms with van der Waals surface area (Å²) < 4.78 is 36.1. The maximum atomic E-state index is 13.9. The van der Waals surface area contributed by atoms with Gasteiger partial charge in [-0.1, -0.05) is 0 Å². The molecule has 0 aliphatic carbocycles. The normalized spacial score (nSPS) is 12.1. The number of halogens is 1. The number of H-pyrrole nitrogens is 1. The second-order valence-corrected chi connectivity index (χ2v) is 5.81. The van der Waals surface area contributed by atoms with Crippen LogP contribution >= 0.6 is 0 Å². The number of anilines is 1. The molecule has 2 N–H and O–H groups in total. The van der Waals surface area contributed by atoms with Gasteiger partial charge >= 0.3 is 0 Å². The number of hydrogen-bond donors (Lipinski definition) is 2. The van der Waals surface area contributed by atoms with Gasteiger partial charge in [-0.05, 0) is 11.6 Å². The van der Waals surface area contributed by atoms with E-state index in [2.05, 4.69) is 15.3 Å². The average molecular weight is 327 g/mol. The highest BCUT2D eigenvalue weighted by molar-refractivity contribution is 7.84. The van der Waals surface area contributed by atoms with Gasteiger partial charge in [0.1, 0.15) is 0 Å². The summed E-state index contributed by atoms with van der Waals surface area (Å²) >= 11 is 0. The van der Waals surface area contributed by atoms with E-state index in [0.29, 0.717) is 29.6 Å². The number of imidazole rings is 1. The number of methoxy groups -OCH3 is 2. The summed E-state index contributed by atoms with van der Waals surface area (Å²) in [6.45, 7) is 0.997. The number of rotatable bonds is 8. The Hall–Kier alpha value is -1.93. The van der Waals surface area contributed by atoms with Crippen LogP contribution in [-0.2, 0) is 21.3 Å².